The normalized spacial score (nSPS) is 14.1. The minimum absolute atomic E-state index is 0.00578. The Hall–Kier alpha value is -3.02. The maximum Gasteiger partial charge on any atom is 0.308 e. The summed E-state index contributed by atoms with van der Waals surface area (Å²) in [6, 6.07) is 14.6. The summed E-state index contributed by atoms with van der Waals surface area (Å²) in [5.74, 6) is 0.894. The van der Waals surface area contributed by atoms with Gasteiger partial charge in [0.05, 0.1) is 7.11 Å². The number of piperazine rings is 1. The van der Waals surface area contributed by atoms with Crippen molar-refractivity contribution in [2.24, 2.45) is 0 Å². The molecule has 1 aliphatic rings. The highest BCUT2D eigenvalue weighted by Crippen LogP contribution is 2.21. The molecule has 0 aromatic heterocycles. The van der Waals surface area contributed by atoms with E-state index in [1.54, 1.807) is 31.4 Å². The molecule has 136 valence electrons. The van der Waals surface area contributed by atoms with Crippen LogP contribution in [0.15, 0.2) is 48.5 Å². The van der Waals surface area contributed by atoms with E-state index in [0.29, 0.717) is 24.4 Å². The first-order valence-electron chi connectivity index (χ1n) is 8.53. The van der Waals surface area contributed by atoms with Crippen LogP contribution in [0, 0.1) is 0 Å². The Balaban J connectivity index is 1.58. The molecular weight excluding hydrogens is 332 g/mol. The minimum atomic E-state index is -0.376. The average molecular weight is 354 g/mol. The maximum atomic E-state index is 12.6. The molecule has 0 spiro atoms. The third kappa shape index (κ3) is 4.14. The first-order valence-corrected chi connectivity index (χ1v) is 8.53. The Bertz CT molecular complexity index is 763. The van der Waals surface area contributed by atoms with Crippen molar-refractivity contribution in [1.82, 2.24) is 4.90 Å². The van der Waals surface area contributed by atoms with Crippen LogP contribution in [0.5, 0.6) is 11.5 Å². The highest BCUT2D eigenvalue weighted by molar-refractivity contribution is 5.94. The third-order valence-electron chi connectivity index (χ3n) is 4.37. The number of carbonyl (C=O) groups is 2. The van der Waals surface area contributed by atoms with Crippen LogP contribution < -0.4 is 14.4 Å². The summed E-state index contributed by atoms with van der Waals surface area (Å²) in [6.07, 6.45) is 0. The molecule has 0 N–H and O–H groups in total. The quantitative estimate of drug-likeness (QED) is 0.624. The Morgan fingerprint density at radius 2 is 1.42 bits per heavy atom. The highest BCUT2D eigenvalue weighted by Gasteiger charge is 2.22. The lowest BCUT2D eigenvalue weighted by atomic mass is 10.1. The summed E-state index contributed by atoms with van der Waals surface area (Å²) in [7, 11) is 1.65. The molecule has 1 heterocycles. The molecule has 6 heteroatoms. The first-order chi connectivity index (χ1) is 12.6. The van der Waals surface area contributed by atoms with Crippen molar-refractivity contribution in [1.29, 1.82) is 0 Å². The van der Waals surface area contributed by atoms with Crippen molar-refractivity contribution in [2.75, 3.05) is 38.2 Å². The lowest BCUT2D eigenvalue weighted by molar-refractivity contribution is -0.131. The van der Waals surface area contributed by atoms with Gasteiger partial charge in [-0.3, -0.25) is 9.59 Å². The van der Waals surface area contributed by atoms with Crippen molar-refractivity contribution < 1.29 is 19.1 Å². The summed E-state index contributed by atoms with van der Waals surface area (Å²) in [5, 5.41) is 0. The van der Waals surface area contributed by atoms with E-state index in [1.807, 2.05) is 29.2 Å². The van der Waals surface area contributed by atoms with E-state index in [9.17, 15) is 9.59 Å². The lowest BCUT2D eigenvalue weighted by Gasteiger charge is -2.36. The van der Waals surface area contributed by atoms with E-state index in [1.165, 1.54) is 6.92 Å². The fourth-order valence-electron chi connectivity index (χ4n) is 2.97. The zero-order valence-corrected chi connectivity index (χ0v) is 15.0. The molecule has 1 aliphatic heterocycles. The number of ether oxygens (including phenoxy) is 2. The van der Waals surface area contributed by atoms with E-state index in [4.69, 9.17) is 9.47 Å². The van der Waals surface area contributed by atoms with Gasteiger partial charge in [0.1, 0.15) is 11.5 Å². The van der Waals surface area contributed by atoms with Gasteiger partial charge < -0.3 is 19.3 Å². The van der Waals surface area contributed by atoms with E-state index in [0.717, 1.165) is 24.5 Å². The van der Waals surface area contributed by atoms with Gasteiger partial charge in [-0.1, -0.05) is 0 Å². The Morgan fingerprint density at radius 1 is 0.846 bits per heavy atom. The number of hydrogen-bond acceptors (Lipinski definition) is 5. The topological polar surface area (TPSA) is 59.1 Å². The number of hydrogen-bond donors (Lipinski definition) is 0. The van der Waals surface area contributed by atoms with E-state index in [2.05, 4.69) is 4.90 Å². The number of carbonyl (C=O) groups excluding carboxylic acids is 2. The molecule has 0 radical (unpaired) electrons. The van der Waals surface area contributed by atoms with E-state index >= 15 is 0 Å². The van der Waals surface area contributed by atoms with Crippen LogP contribution in [0.3, 0.4) is 0 Å². The number of nitrogens with zero attached hydrogens (tertiary/aromatic N) is 2. The fourth-order valence-corrected chi connectivity index (χ4v) is 2.97. The molecule has 0 bridgehead atoms. The van der Waals surface area contributed by atoms with Crippen molar-refractivity contribution in [3.05, 3.63) is 54.1 Å². The number of benzene rings is 2. The maximum absolute atomic E-state index is 12.6. The highest BCUT2D eigenvalue weighted by atomic mass is 16.5. The van der Waals surface area contributed by atoms with E-state index < -0.39 is 0 Å². The summed E-state index contributed by atoms with van der Waals surface area (Å²) < 4.78 is 10.2. The number of methoxy groups -OCH3 is 1. The van der Waals surface area contributed by atoms with Crippen molar-refractivity contribution >= 4 is 17.6 Å². The van der Waals surface area contributed by atoms with Crippen LogP contribution in [0.4, 0.5) is 5.69 Å². The van der Waals surface area contributed by atoms with Gasteiger partial charge in [0.15, 0.2) is 0 Å². The summed E-state index contributed by atoms with van der Waals surface area (Å²) in [5.41, 5.74) is 1.72. The molecule has 26 heavy (non-hydrogen) atoms. The molecule has 3 rings (SSSR count). The Kier molecular flexibility index (Phi) is 5.41. The molecular formula is C20H22N2O4. The zero-order chi connectivity index (χ0) is 18.5. The van der Waals surface area contributed by atoms with Crippen LogP contribution in [-0.4, -0.2) is 50.1 Å². The molecule has 2 aromatic carbocycles. The summed E-state index contributed by atoms with van der Waals surface area (Å²) >= 11 is 0. The largest absolute Gasteiger partial charge is 0.497 e. The fraction of sp³-hybridized carbons (Fsp3) is 0.300. The molecule has 2 aromatic rings. The molecule has 0 saturated carbocycles. The Labute approximate surface area is 152 Å². The molecule has 6 nitrogen and oxygen atoms in total. The standard InChI is InChI=1S/C20H22N2O4/c1-15(23)26-19-7-3-16(4-8-19)20(24)22-13-11-21(12-14-22)17-5-9-18(25-2)10-6-17/h3-10H,11-14H2,1-2H3. The van der Waals surface area contributed by atoms with E-state index in [-0.39, 0.29) is 11.9 Å². The smallest absolute Gasteiger partial charge is 0.308 e. The van der Waals surface area contributed by atoms with Crippen LogP contribution in [-0.2, 0) is 4.79 Å². The second-order valence-electron chi connectivity index (χ2n) is 6.10. The van der Waals surface area contributed by atoms with Gasteiger partial charge in [-0.05, 0) is 48.5 Å². The van der Waals surface area contributed by atoms with Crippen LogP contribution in [0.25, 0.3) is 0 Å². The SMILES string of the molecule is COc1ccc(N2CCN(C(=O)c3ccc(OC(C)=O)cc3)CC2)cc1. The average Bonchev–Trinajstić information content (AvgIpc) is 2.68. The molecule has 1 amide bonds. The molecule has 0 aliphatic carbocycles. The third-order valence-corrected chi connectivity index (χ3v) is 4.37. The van der Waals surface area contributed by atoms with Crippen molar-refractivity contribution in [3.63, 3.8) is 0 Å². The second-order valence-corrected chi connectivity index (χ2v) is 6.10. The monoisotopic (exact) mass is 354 g/mol. The van der Waals surface area contributed by atoms with Crippen molar-refractivity contribution in [2.45, 2.75) is 6.92 Å². The van der Waals surface area contributed by atoms with Gasteiger partial charge >= 0.3 is 5.97 Å². The number of anilines is 1. The zero-order valence-electron chi connectivity index (χ0n) is 15.0. The lowest BCUT2D eigenvalue weighted by Crippen LogP contribution is -2.48. The molecule has 0 unspecified atom stereocenters. The number of esters is 1. The predicted octanol–water partition coefficient (Wildman–Crippen LogP) is 2.58. The Morgan fingerprint density at radius 3 is 1.96 bits per heavy atom. The first kappa shape index (κ1) is 17.8. The molecule has 1 saturated heterocycles. The second kappa shape index (κ2) is 7.91. The van der Waals surface area contributed by atoms with Crippen LogP contribution in [0.2, 0.25) is 0 Å². The van der Waals surface area contributed by atoms with Gasteiger partial charge in [-0.15, -0.1) is 0 Å². The minimum Gasteiger partial charge on any atom is -0.497 e. The number of rotatable bonds is 4. The van der Waals surface area contributed by atoms with Gasteiger partial charge in [0, 0.05) is 44.4 Å². The van der Waals surface area contributed by atoms with Gasteiger partial charge in [0.2, 0.25) is 0 Å². The van der Waals surface area contributed by atoms with Crippen molar-refractivity contribution in [3.8, 4) is 11.5 Å². The van der Waals surface area contributed by atoms with Gasteiger partial charge in [-0.25, -0.2) is 0 Å². The van der Waals surface area contributed by atoms with Gasteiger partial charge in [0.25, 0.3) is 5.91 Å². The number of amides is 1. The molecule has 0 atom stereocenters. The predicted molar refractivity (Wildman–Crippen MR) is 98.9 cm³/mol. The summed E-state index contributed by atoms with van der Waals surface area (Å²) in [4.78, 5) is 27.7. The van der Waals surface area contributed by atoms with Gasteiger partial charge in [-0.2, -0.15) is 0 Å². The molecule has 1 fully saturated rings. The van der Waals surface area contributed by atoms with Crippen LogP contribution >= 0.6 is 0 Å². The summed E-state index contributed by atoms with van der Waals surface area (Å²) in [6.45, 7) is 4.24. The van der Waals surface area contributed by atoms with Crippen LogP contribution in [0.1, 0.15) is 17.3 Å².